The van der Waals surface area contributed by atoms with E-state index >= 15 is 0 Å². The lowest BCUT2D eigenvalue weighted by Gasteiger charge is -2.26. The average molecular weight is 634 g/mol. The first kappa shape index (κ1) is 34.1. The molecule has 2 heterocycles. The van der Waals surface area contributed by atoms with Crippen LogP contribution < -0.4 is 4.90 Å². The van der Waals surface area contributed by atoms with Gasteiger partial charge in [0, 0.05) is 16.3 Å². The number of unbranched alkanes of at least 4 members (excludes halogenated alkanes) is 1. The van der Waals surface area contributed by atoms with E-state index < -0.39 is 40.0 Å². The van der Waals surface area contributed by atoms with E-state index in [1.54, 1.807) is 44.2 Å². The van der Waals surface area contributed by atoms with Crippen molar-refractivity contribution in [3.05, 3.63) is 75.9 Å². The quantitative estimate of drug-likeness (QED) is 0.216. The number of aliphatic carboxylic acids is 1. The number of aromatic nitrogens is 1. The number of ether oxygens (including phenoxy) is 1. The Bertz CT molecular complexity index is 1510. The van der Waals surface area contributed by atoms with E-state index in [1.165, 1.54) is 22.5 Å². The second-order valence-corrected chi connectivity index (χ2v) is 15.0. The number of carbonyl (C=O) groups excluding carboxylic acids is 1. The Morgan fingerprint density at radius 2 is 1.67 bits per heavy atom. The summed E-state index contributed by atoms with van der Waals surface area (Å²) in [6.45, 7) is 10.6. The van der Waals surface area contributed by atoms with Gasteiger partial charge in [0.05, 0.1) is 17.1 Å². The molecule has 0 unspecified atom stereocenters. The minimum atomic E-state index is -4.11. The second-order valence-electron chi connectivity index (χ2n) is 11.9. The summed E-state index contributed by atoms with van der Waals surface area (Å²) in [7, 11) is -4.11. The van der Waals surface area contributed by atoms with E-state index in [4.69, 9.17) is 4.74 Å². The highest BCUT2D eigenvalue weighted by molar-refractivity contribution is 7.89. The van der Waals surface area contributed by atoms with Crippen LogP contribution in [0.1, 0.15) is 76.3 Å². The standard InChI is InChI=1S/C31H40FN3O6S2/c1-7-8-18-31(5,6)26-17-14-24(42-26)20-34(43(39,40)25-15-12-22(32)13-16-25)19-23-10-9-11-27(33-23)35(21-28(36)37)29(38)41-30(2,3)4/h9-17H,7-8,18-21H2,1-6H3,(H,36,37). The maximum atomic E-state index is 13.8. The Morgan fingerprint density at radius 1 is 1.00 bits per heavy atom. The Labute approximate surface area is 257 Å². The number of carbonyl (C=O) groups is 2. The molecular formula is C31H40FN3O6S2. The number of halogens is 1. The summed E-state index contributed by atoms with van der Waals surface area (Å²) < 4.78 is 48.0. The summed E-state index contributed by atoms with van der Waals surface area (Å²) in [5, 5.41) is 9.44. The smallest absolute Gasteiger partial charge is 0.416 e. The molecule has 0 atom stereocenters. The number of nitrogens with zero attached hydrogens (tertiary/aromatic N) is 3. The van der Waals surface area contributed by atoms with E-state index in [2.05, 4.69) is 25.8 Å². The number of carboxylic acids is 1. The zero-order valence-corrected chi connectivity index (χ0v) is 27.1. The van der Waals surface area contributed by atoms with Crippen molar-refractivity contribution in [3.63, 3.8) is 0 Å². The van der Waals surface area contributed by atoms with E-state index in [0.717, 1.165) is 46.0 Å². The molecule has 12 heteroatoms. The monoisotopic (exact) mass is 633 g/mol. The van der Waals surface area contributed by atoms with Gasteiger partial charge in [0.1, 0.15) is 23.8 Å². The van der Waals surface area contributed by atoms with Gasteiger partial charge in [0.15, 0.2) is 0 Å². The predicted molar refractivity (Wildman–Crippen MR) is 165 cm³/mol. The molecule has 43 heavy (non-hydrogen) atoms. The summed E-state index contributed by atoms with van der Waals surface area (Å²) >= 11 is 1.55. The van der Waals surface area contributed by atoms with Gasteiger partial charge in [0.2, 0.25) is 10.0 Å². The lowest BCUT2D eigenvalue weighted by Crippen LogP contribution is -2.40. The Kier molecular flexibility index (Phi) is 11.1. The molecule has 0 spiro atoms. The molecule has 1 N–H and O–H groups in total. The van der Waals surface area contributed by atoms with Crippen molar-refractivity contribution in [1.29, 1.82) is 0 Å². The van der Waals surface area contributed by atoms with Crippen molar-refractivity contribution in [1.82, 2.24) is 9.29 Å². The Balaban J connectivity index is 1.99. The molecule has 3 aromatic rings. The fourth-order valence-corrected chi connectivity index (χ4v) is 6.93. The topological polar surface area (TPSA) is 117 Å². The molecule has 0 saturated heterocycles. The van der Waals surface area contributed by atoms with Crippen LogP contribution in [-0.2, 0) is 38.1 Å². The Hall–Kier alpha value is -3.35. The summed E-state index contributed by atoms with van der Waals surface area (Å²) in [6.07, 6.45) is 2.26. The zero-order chi connectivity index (χ0) is 32.0. The van der Waals surface area contributed by atoms with Crippen LogP contribution in [0.5, 0.6) is 0 Å². The van der Waals surface area contributed by atoms with E-state index in [1.807, 2.05) is 12.1 Å². The van der Waals surface area contributed by atoms with Crippen LogP contribution in [0.3, 0.4) is 0 Å². The number of carboxylic acid groups (broad SMARTS) is 1. The van der Waals surface area contributed by atoms with Crippen molar-refractivity contribution >= 4 is 39.2 Å². The normalized spacial score (nSPS) is 12.4. The maximum Gasteiger partial charge on any atom is 0.416 e. The van der Waals surface area contributed by atoms with Gasteiger partial charge < -0.3 is 9.84 Å². The molecule has 9 nitrogen and oxygen atoms in total. The van der Waals surface area contributed by atoms with Crippen LogP contribution >= 0.6 is 11.3 Å². The van der Waals surface area contributed by atoms with Gasteiger partial charge in [-0.2, -0.15) is 4.31 Å². The van der Waals surface area contributed by atoms with Gasteiger partial charge in [-0.15, -0.1) is 11.3 Å². The first-order chi connectivity index (χ1) is 20.0. The third kappa shape index (κ3) is 9.57. The largest absolute Gasteiger partial charge is 0.480 e. The van der Waals surface area contributed by atoms with Gasteiger partial charge >= 0.3 is 12.1 Å². The summed E-state index contributed by atoms with van der Waals surface area (Å²) in [5.41, 5.74) is -0.664. The van der Waals surface area contributed by atoms with Crippen LogP contribution in [0.15, 0.2) is 59.5 Å². The van der Waals surface area contributed by atoms with Crippen LogP contribution in [0.4, 0.5) is 15.0 Å². The third-order valence-corrected chi connectivity index (χ3v) is 9.82. The van der Waals surface area contributed by atoms with Crippen molar-refractivity contribution in [2.45, 2.75) is 89.8 Å². The van der Waals surface area contributed by atoms with Gasteiger partial charge in [0.25, 0.3) is 0 Å². The lowest BCUT2D eigenvalue weighted by molar-refractivity contribution is -0.135. The molecule has 0 radical (unpaired) electrons. The molecule has 0 bridgehead atoms. The van der Waals surface area contributed by atoms with Crippen LogP contribution in [0.25, 0.3) is 0 Å². The Morgan fingerprint density at radius 3 is 2.28 bits per heavy atom. The molecule has 1 amide bonds. The average Bonchev–Trinajstić information content (AvgIpc) is 3.39. The van der Waals surface area contributed by atoms with Crippen molar-refractivity contribution in [3.8, 4) is 0 Å². The van der Waals surface area contributed by atoms with E-state index in [-0.39, 0.29) is 34.9 Å². The number of amides is 1. The van der Waals surface area contributed by atoms with Crippen LogP contribution in [0.2, 0.25) is 0 Å². The SMILES string of the molecule is CCCCC(C)(C)c1ccc(CN(Cc2cccc(N(CC(=O)O)C(=O)OC(C)(C)C)n2)S(=O)(=O)c2ccc(F)cc2)s1. The van der Waals surface area contributed by atoms with Crippen LogP contribution in [0, 0.1) is 5.82 Å². The lowest BCUT2D eigenvalue weighted by atomic mass is 9.86. The number of rotatable bonds is 13. The molecule has 2 aromatic heterocycles. The highest BCUT2D eigenvalue weighted by Gasteiger charge is 2.30. The third-order valence-electron chi connectivity index (χ3n) is 6.58. The molecule has 234 valence electrons. The van der Waals surface area contributed by atoms with Gasteiger partial charge in [-0.3, -0.25) is 9.69 Å². The first-order valence-electron chi connectivity index (χ1n) is 14.0. The minimum absolute atomic E-state index is 0.00404. The van der Waals surface area contributed by atoms with Crippen LogP contribution in [-0.4, -0.2) is 47.0 Å². The number of hydrogen-bond donors (Lipinski definition) is 1. The highest BCUT2D eigenvalue weighted by Crippen LogP contribution is 2.35. The summed E-state index contributed by atoms with van der Waals surface area (Å²) in [6, 6.07) is 13.2. The fraction of sp³-hybridized carbons (Fsp3) is 0.452. The minimum Gasteiger partial charge on any atom is -0.480 e. The van der Waals surface area contributed by atoms with E-state index in [9.17, 15) is 27.5 Å². The molecule has 0 saturated carbocycles. The number of hydrogen-bond acceptors (Lipinski definition) is 7. The molecule has 1 aromatic carbocycles. The molecule has 0 aliphatic heterocycles. The second kappa shape index (κ2) is 14.0. The molecular weight excluding hydrogens is 593 g/mol. The first-order valence-corrected chi connectivity index (χ1v) is 16.3. The maximum absolute atomic E-state index is 13.8. The molecule has 0 fully saturated rings. The zero-order valence-electron chi connectivity index (χ0n) is 25.5. The number of anilines is 1. The molecule has 0 aliphatic carbocycles. The van der Waals surface area contributed by atoms with Gasteiger partial charge in [-0.25, -0.2) is 22.6 Å². The summed E-state index contributed by atoms with van der Waals surface area (Å²) in [5.74, 6) is -1.82. The number of thiophene rings is 1. The van der Waals surface area contributed by atoms with Gasteiger partial charge in [-0.1, -0.05) is 39.7 Å². The summed E-state index contributed by atoms with van der Waals surface area (Å²) in [4.78, 5) is 31.7. The van der Waals surface area contributed by atoms with Crippen molar-refractivity contribution < 1.29 is 32.2 Å². The predicted octanol–water partition coefficient (Wildman–Crippen LogP) is 6.97. The molecule has 0 aliphatic rings. The van der Waals surface area contributed by atoms with Crippen molar-refractivity contribution in [2.24, 2.45) is 0 Å². The number of pyridine rings is 1. The van der Waals surface area contributed by atoms with Gasteiger partial charge in [-0.05, 0) is 81.1 Å². The fourth-order valence-electron chi connectivity index (χ4n) is 4.30. The highest BCUT2D eigenvalue weighted by atomic mass is 32.2. The van der Waals surface area contributed by atoms with Crippen molar-refractivity contribution in [2.75, 3.05) is 11.4 Å². The molecule has 3 rings (SSSR count). The van der Waals surface area contributed by atoms with E-state index in [0.29, 0.717) is 0 Å². The number of benzene rings is 1. The number of sulfonamides is 1.